The highest BCUT2D eigenvalue weighted by Gasteiger charge is 2.55. The van der Waals surface area contributed by atoms with Gasteiger partial charge in [-0.2, -0.15) is 0 Å². The van der Waals surface area contributed by atoms with Gasteiger partial charge in [-0.25, -0.2) is 9.37 Å². The van der Waals surface area contributed by atoms with E-state index in [1.165, 1.54) is 16.8 Å². The zero-order chi connectivity index (χ0) is 14.2. The number of terminal acetylenes is 1. The second-order valence-corrected chi connectivity index (χ2v) is 4.50. The monoisotopic (exact) mass is 285 g/mol. The molecule has 1 fully saturated rings. The maximum atomic E-state index is 14.1. The average molecular weight is 285 g/mol. The lowest BCUT2D eigenvalue weighted by atomic mass is 9.98. The summed E-state index contributed by atoms with van der Waals surface area (Å²) in [7, 11) is 0. The van der Waals surface area contributed by atoms with E-state index in [1.54, 1.807) is 0 Å². The van der Waals surface area contributed by atoms with Crippen molar-refractivity contribution in [3.05, 3.63) is 17.0 Å². The molecule has 0 aliphatic carbocycles. The fraction of sp³-hybridized carbons (Fsp3) is 0.455. The SMILES string of the molecule is C#C[C@]1(CO)O[C@@H](n2ccc(N)nc2=S)C(F)[C@H]1O. The Morgan fingerprint density at radius 1 is 1.74 bits per heavy atom. The highest BCUT2D eigenvalue weighted by atomic mass is 32.1. The Kier molecular flexibility index (Phi) is 3.56. The maximum absolute atomic E-state index is 14.1. The van der Waals surface area contributed by atoms with Gasteiger partial charge in [0.1, 0.15) is 11.9 Å². The van der Waals surface area contributed by atoms with Gasteiger partial charge >= 0.3 is 0 Å². The van der Waals surface area contributed by atoms with Crippen LogP contribution in [0, 0.1) is 17.1 Å². The average Bonchev–Trinajstić information content (AvgIpc) is 2.64. The van der Waals surface area contributed by atoms with Gasteiger partial charge in [0.25, 0.3) is 0 Å². The molecule has 8 heteroatoms. The van der Waals surface area contributed by atoms with Gasteiger partial charge in [0, 0.05) is 6.20 Å². The Morgan fingerprint density at radius 2 is 2.42 bits per heavy atom. The Balaban J connectivity index is 2.43. The number of nitrogen functional groups attached to an aromatic ring is 1. The molecule has 2 heterocycles. The molecule has 1 unspecified atom stereocenters. The van der Waals surface area contributed by atoms with Crippen LogP contribution in [0.4, 0.5) is 10.2 Å². The molecule has 102 valence electrons. The van der Waals surface area contributed by atoms with Crippen molar-refractivity contribution in [3.8, 4) is 12.3 Å². The van der Waals surface area contributed by atoms with Crippen LogP contribution in [0.25, 0.3) is 0 Å². The van der Waals surface area contributed by atoms with Crippen molar-refractivity contribution in [2.45, 2.75) is 24.1 Å². The van der Waals surface area contributed by atoms with Crippen LogP contribution in [0.2, 0.25) is 0 Å². The third kappa shape index (κ3) is 2.11. The first kappa shape index (κ1) is 13.9. The molecule has 0 spiro atoms. The van der Waals surface area contributed by atoms with Crippen LogP contribution in [0.3, 0.4) is 0 Å². The van der Waals surface area contributed by atoms with E-state index >= 15 is 0 Å². The van der Waals surface area contributed by atoms with Gasteiger partial charge in [-0.1, -0.05) is 5.92 Å². The van der Waals surface area contributed by atoms with Crippen LogP contribution in [0.1, 0.15) is 6.23 Å². The minimum absolute atomic E-state index is 0.00869. The van der Waals surface area contributed by atoms with Gasteiger partial charge in [-0.05, 0) is 18.3 Å². The molecule has 19 heavy (non-hydrogen) atoms. The summed E-state index contributed by atoms with van der Waals surface area (Å²) in [6.45, 7) is -0.711. The third-order valence-corrected chi connectivity index (χ3v) is 3.29. The molecule has 6 nitrogen and oxygen atoms in total. The van der Waals surface area contributed by atoms with Crippen molar-refractivity contribution < 1.29 is 19.3 Å². The van der Waals surface area contributed by atoms with E-state index in [0.29, 0.717) is 0 Å². The Labute approximate surface area is 113 Å². The number of nitrogens with two attached hydrogens (primary N) is 1. The molecule has 1 aliphatic heterocycles. The molecule has 0 amide bonds. The van der Waals surface area contributed by atoms with Crippen molar-refractivity contribution in [1.82, 2.24) is 9.55 Å². The predicted octanol–water partition coefficient (Wildman–Crippen LogP) is -0.213. The molecular weight excluding hydrogens is 273 g/mol. The number of ether oxygens (including phenoxy) is 1. The molecule has 2 rings (SSSR count). The highest BCUT2D eigenvalue weighted by molar-refractivity contribution is 7.71. The number of aromatic nitrogens is 2. The molecule has 4 atom stereocenters. The quantitative estimate of drug-likeness (QED) is 0.514. The van der Waals surface area contributed by atoms with E-state index in [-0.39, 0.29) is 10.6 Å². The summed E-state index contributed by atoms with van der Waals surface area (Å²) in [6, 6.07) is 1.41. The lowest BCUT2D eigenvalue weighted by Gasteiger charge is -2.23. The number of aliphatic hydroxyl groups excluding tert-OH is 2. The van der Waals surface area contributed by atoms with E-state index < -0.39 is 30.7 Å². The van der Waals surface area contributed by atoms with E-state index in [0.717, 1.165) is 0 Å². The van der Waals surface area contributed by atoms with Gasteiger partial charge in [-0.15, -0.1) is 6.42 Å². The highest BCUT2D eigenvalue weighted by Crippen LogP contribution is 2.38. The van der Waals surface area contributed by atoms with Gasteiger partial charge in [0.2, 0.25) is 4.77 Å². The van der Waals surface area contributed by atoms with Crippen molar-refractivity contribution in [3.63, 3.8) is 0 Å². The minimum atomic E-state index is -1.85. The summed E-state index contributed by atoms with van der Waals surface area (Å²) in [5, 5.41) is 19.0. The zero-order valence-electron chi connectivity index (χ0n) is 9.73. The van der Waals surface area contributed by atoms with Gasteiger partial charge in [0.05, 0.1) is 6.61 Å². The van der Waals surface area contributed by atoms with Crippen LogP contribution in [0.5, 0.6) is 0 Å². The molecule has 1 saturated heterocycles. The number of hydrogen-bond acceptors (Lipinski definition) is 6. The second-order valence-electron chi connectivity index (χ2n) is 4.13. The summed E-state index contributed by atoms with van der Waals surface area (Å²) >= 11 is 4.94. The number of nitrogens with zero attached hydrogens (tertiary/aromatic N) is 2. The molecule has 4 N–H and O–H groups in total. The number of aliphatic hydroxyl groups is 2. The van der Waals surface area contributed by atoms with Gasteiger partial charge in [-0.3, -0.25) is 4.57 Å². The lowest BCUT2D eigenvalue weighted by molar-refractivity contribution is -0.0917. The van der Waals surface area contributed by atoms with E-state index in [1.807, 2.05) is 0 Å². The fourth-order valence-electron chi connectivity index (χ4n) is 1.89. The van der Waals surface area contributed by atoms with Crippen molar-refractivity contribution in [2.75, 3.05) is 12.3 Å². The standard InChI is InChI=1S/C11H12FN3O3S/c1-2-11(5-16)8(17)7(12)9(18-11)15-4-3-6(13)14-10(15)19/h1,3-4,7-9,16-17H,5H2,(H2,13,14,19)/t7?,8-,9-,11-/m1/s1. The molecule has 0 bridgehead atoms. The predicted molar refractivity (Wildman–Crippen MR) is 67.1 cm³/mol. The van der Waals surface area contributed by atoms with Crippen LogP contribution in [0.15, 0.2) is 12.3 Å². The van der Waals surface area contributed by atoms with E-state index in [4.69, 9.17) is 29.1 Å². The zero-order valence-corrected chi connectivity index (χ0v) is 10.5. The van der Waals surface area contributed by atoms with Crippen LogP contribution < -0.4 is 5.73 Å². The fourth-order valence-corrected chi connectivity index (χ4v) is 2.16. The van der Waals surface area contributed by atoms with Gasteiger partial charge in [0.15, 0.2) is 18.0 Å². The molecule has 0 aromatic carbocycles. The largest absolute Gasteiger partial charge is 0.392 e. The van der Waals surface area contributed by atoms with Crippen LogP contribution in [-0.2, 0) is 4.74 Å². The first-order chi connectivity index (χ1) is 8.95. The summed E-state index contributed by atoms with van der Waals surface area (Å²) in [5.41, 5.74) is 3.65. The topological polar surface area (TPSA) is 93.5 Å². The summed E-state index contributed by atoms with van der Waals surface area (Å²) in [5.74, 6) is 2.26. The first-order valence-electron chi connectivity index (χ1n) is 5.38. The Bertz CT molecular complexity index is 587. The minimum Gasteiger partial charge on any atom is -0.392 e. The summed E-state index contributed by atoms with van der Waals surface area (Å²) < 4.78 is 20.6. The number of anilines is 1. The molecule has 1 aromatic rings. The molecule has 0 radical (unpaired) electrons. The molecule has 1 aromatic heterocycles. The first-order valence-corrected chi connectivity index (χ1v) is 5.79. The maximum Gasteiger partial charge on any atom is 0.203 e. The summed E-state index contributed by atoms with van der Waals surface area (Å²) in [4.78, 5) is 3.79. The number of alkyl halides is 1. The van der Waals surface area contributed by atoms with Crippen molar-refractivity contribution in [2.24, 2.45) is 0 Å². The molecular formula is C11H12FN3O3S. The number of hydrogen-bond donors (Lipinski definition) is 3. The van der Waals surface area contributed by atoms with Crippen LogP contribution in [-0.4, -0.2) is 44.2 Å². The molecule has 1 aliphatic rings. The molecule has 0 saturated carbocycles. The van der Waals surface area contributed by atoms with E-state index in [9.17, 15) is 14.6 Å². The third-order valence-electron chi connectivity index (χ3n) is 2.99. The lowest BCUT2D eigenvalue weighted by Crippen LogP contribution is -2.44. The second kappa shape index (κ2) is 4.86. The van der Waals surface area contributed by atoms with Crippen molar-refractivity contribution in [1.29, 1.82) is 0 Å². The number of halogens is 1. The smallest absolute Gasteiger partial charge is 0.203 e. The van der Waals surface area contributed by atoms with Gasteiger partial charge < -0.3 is 20.7 Å². The Morgan fingerprint density at radius 3 is 2.89 bits per heavy atom. The van der Waals surface area contributed by atoms with E-state index in [2.05, 4.69) is 10.9 Å². The Hall–Kier alpha value is -1.53. The van der Waals surface area contributed by atoms with Crippen molar-refractivity contribution >= 4 is 18.0 Å². The van der Waals surface area contributed by atoms with Crippen LogP contribution >= 0.6 is 12.2 Å². The summed E-state index contributed by atoms with van der Waals surface area (Å²) in [6.07, 6.45) is 1.82. The normalized spacial score (nSPS) is 34.1. The number of rotatable bonds is 2.